The topological polar surface area (TPSA) is 89.9 Å². The summed E-state index contributed by atoms with van der Waals surface area (Å²) in [5.41, 5.74) is 2.12. The molecule has 30 heavy (non-hydrogen) atoms. The van der Waals surface area contributed by atoms with Crippen molar-refractivity contribution in [1.82, 2.24) is 20.2 Å². The van der Waals surface area contributed by atoms with E-state index in [4.69, 9.17) is 16.3 Å². The lowest BCUT2D eigenvalue weighted by molar-refractivity contribution is 0.102. The van der Waals surface area contributed by atoms with Crippen molar-refractivity contribution >= 4 is 34.0 Å². The number of carbonyl (C=O) groups excluding carboxylic acids is 1. The SMILES string of the molecule is COc1cnc(Cl)cc1-c1cc(C)ncc1C(=O)Nc1nnc([C@@H]2C[C@@H]2C(F)F)s1. The number of aryl methyl sites for hydroxylation is 1. The molecule has 0 aromatic carbocycles. The highest BCUT2D eigenvalue weighted by Gasteiger charge is 2.47. The summed E-state index contributed by atoms with van der Waals surface area (Å²) in [6, 6.07) is 3.35. The maximum Gasteiger partial charge on any atom is 0.259 e. The van der Waals surface area contributed by atoms with E-state index < -0.39 is 18.3 Å². The van der Waals surface area contributed by atoms with Gasteiger partial charge in [0.25, 0.3) is 5.91 Å². The number of amides is 1. The van der Waals surface area contributed by atoms with Crippen LogP contribution in [-0.4, -0.2) is 39.6 Å². The highest BCUT2D eigenvalue weighted by Crippen LogP contribution is 2.51. The molecule has 2 atom stereocenters. The van der Waals surface area contributed by atoms with Gasteiger partial charge in [-0.3, -0.25) is 15.1 Å². The van der Waals surface area contributed by atoms with Gasteiger partial charge in [-0.05, 0) is 25.5 Å². The Hall–Kier alpha value is -2.72. The number of hydrogen-bond donors (Lipinski definition) is 1. The first kappa shape index (κ1) is 20.5. The number of pyridine rings is 2. The molecule has 0 saturated heterocycles. The van der Waals surface area contributed by atoms with Gasteiger partial charge in [-0.2, -0.15) is 0 Å². The van der Waals surface area contributed by atoms with Crippen LogP contribution < -0.4 is 10.1 Å². The Kier molecular flexibility index (Phi) is 5.61. The third-order valence-corrected chi connectivity index (χ3v) is 5.95. The summed E-state index contributed by atoms with van der Waals surface area (Å²) in [5, 5.41) is 11.5. The van der Waals surface area contributed by atoms with E-state index in [1.165, 1.54) is 19.5 Å². The van der Waals surface area contributed by atoms with E-state index in [0.29, 0.717) is 34.0 Å². The van der Waals surface area contributed by atoms with Crippen molar-refractivity contribution in [3.05, 3.63) is 45.9 Å². The number of aromatic nitrogens is 4. The minimum absolute atomic E-state index is 0.237. The average molecular weight is 452 g/mol. The van der Waals surface area contributed by atoms with Gasteiger partial charge in [-0.25, -0.2) is 13.8 Å². The van der Waals surface area contributed by atoms with Crippen molar-refractivity contribution in [2.75, 3.05) is 12.4 Å². The zero-order valence-electron chi connectivity index (χ0n) is 15.9. The summed E-state index contributed by atoms with van der Waals surface area (Å²) < 4.78 is 30.9. The number of rotatable bonds is 6. The predicted octanol–water partition coefficient (Wildman–Crippen LogP) is 4.59. The molecule has 0 radical (unpaired) electrons. The molecule has 3 aromatic heterocycles. The first-order valence-corrected chi connectivity index (χ1v) is 10.2. The Morgan fingerprint density at radius 3 is 2.77 bits per heavy atom. The number of nitrogens with zero attached hydrogens (tertiary/aromatic N) is 4. The van der Waals surface area contributed by atoms with Crippen molar-refractivity contribution in [1.29, 1.82) is 0 Å². The van der Waals surface area contributed by atoms with E-state index in [-0.39, 0.29) is 21.8 Å². The van der Waals surface area contributed by atoms with Crippen molar-refractivity contribution in [3.63, 3.8) is 0 Å². The van der Waals surface area contributed by atoms with Gasteiger partial charge < -0.3 is 4.74 Å². The van der Waals surface area contributed by atoms with E-state index >= 15 is 0 Å². The van der Waals surface area contributed by atoms with E-state index in [9.17, 15) is 13.6 Å². The molecule has 0 aliphatic heterocycles. The summed E-state index contributed by atoms with van der Waals surface area (Å²) in [4.78, 5) is 21.2. The van der Waals surface area contributed by atoms with Crippen LogP contribution in [0.1, 0.15) is 33.4 Å². The van der Waals surface area contributed by atoms with E-state index in [0.717, 1.165) is 11.3 Å². The van der Waals surface area contributed by atoms with Crippen LogP contribution in [-0.2, 0) is 0 Å². The number of alkyl halides is 2. The molecule has 1 aliphatic carbocycles. The molecule has 0 unspecified atom stereocenters. The summed E-state index contributed by atoms with van der Waals surface area (Å²) >= 11 is 7.14. The van der Waals surface area contributed by atoms with E-state index in [1.54, 1.807) is 19.1 Å². The van der Waals surface area contributed by atoms with Crippen LogP contribution in [0, 0.1) is 12.8 Å². The van der Waals surface area contributed by atoms with Crippen LogP contribution in [0.3, 0.4) is 0 Å². The Morgan fingerprint density at radius 2 is 2.07 bits per heavy atom. The Morgan fingerprint density at radius 1 is 1.27 bits per heavy atom. The largest absolute Gasteiger partial charge is 0.494 e. The van der Waals surface area contributed by atoms with Crippen molar-refractivity contribution in [3.8, 4) is 16.9 Å². The first-order chi connectivity index (χ1) is 14.4. The lowest BCUT2D eigenvalue weighted by atomic mass is 10.0. The average Bonchev–Trinajstić information content (AvgIpc) is 3.40. The smallest absolute Gasteiger partial charge is 0.259 e. The van der Waals surface area contributed by atoms with Crippen LogP contribution in [0.4, 0.5) is 13.9 Å². The van der Waals surface area contributed by atoms with E-state index in [2.05, 4.69) is 25.5 Å². The molecule has 0 spiro atoms. The summed E-state index contributed by atoms with van der Waals surface area (Å²) in [6.07, 6.45) is 0.930. The number of nitrogens with one attached hydrogen (secondary N) is 1. The summed E-state index contributed by atoms with van der Waals surface area (Å²) in [6.45, 7) is 1.80. The van der Waals surface area contributed by atoms with Gasteiger partial charge >= 0.3 is 0 Å². The molecule has 0 bridgehead atoms. The Balaban J connectivity index is 1.62. The number of carbonyl (C=O) groups is 1. The minimum atomic E-state index is -2.37. The lowest BCUT2D eigenvalue weighted by Crippen LogP contribution is -2.14. The van der Waals surface area contributed by atoms with Crippen LogP contribution in [0.5, 0.6) is 5.75 Å². The predicted molar refractivity (Wildman–Crippen MR) is 108 cm³/mol. The Labute approximate surface area is 179 Å². The molecule has 3 aromatic rings. The quantitative estimate of drug-likeness (QED) is 0.551. The van der Waals surface area contributed by atoms with Crippen molar-refractivity contribution < 1.29 is 18.3 Å². The number of methoxy groups -OCH3 is 1. The zero-order chi connectivity index (χ0) is 21.4. The second-order valence-corrected chi connectivity index (χ2v) is 8.22. The fourth-order valence-corrected chi connectivity index (χ4v) is 4.22. The fourth-order valence-electron chi connectivity index (χ4n) is 3.13. The van der Waals surface area contributed by atoms with Gasteiger partial charge in [0.15, 0.2) is 0 Å². The molecule has 7 nitrogen and oxygen atoms in total. The van der Waals surface area contributed by atoms with Crippen LogP contribution >= 0.6 is 22.9 Å². The van der Waals surface area contributed by atoms with Crippen LogP contribution in [0.15, 0.2) is 24.5 Å². The summed E-state index contributed by atoms with van der Waals surface area (Å²) in [7, 11) is 1.50. The molecule has 4 rings (SSSR count). The highest BCUT2D eigenvalue weighted by atomic mass is 35.5. The van der Waals surface area contributed by atoms with Gasteiger partial charge in [-0.15, -0.1) is 10.2 Å². The standard InChI is InChI=1S/C19H16ClF2N5O2S/c1-8-3-9(10-5-15(20)24-7-14(10)29-2)13(6-23-8)17(28)25-19-27-26-18(30-19)12-4-11(12)16(21)22/h3,5-7,11-12,16H,4H2,1-2H3,(H,25,27,28)/t11-,12+/m0/s1. The van der Waals surface area contributed by atoms with Crippen LogP contribution in [0.2, 0.25) is 5.15 Å². The third-order valence-electron chi connectivity index (χ3n) is 4.77. The molecule has 1 fully saturated rings. The van der Waals surface area contributed by atoms with Crippen molar-refractivity contribution in [2.45, 2.75) is 25.7 Å². The zero-order valence-corrected chi connectivity index (χ0v) is 17.5. The minimum Gasteiger partial charge on any atom is -0.494 e. The van der Waals surface area contributed by atoms with Crippen LogP contribution in [0.25, 0.3) is 11.1 Å². The van der Waals surface area contributed by atoms with Crippen molar-refractivity contribution in [2.24, 2.45) is 5.92 Å². The first-order valence-electron chi connectivity index (χ1n) is 8.96. The van der Waals surface area contributed by atoms with Gasteiger partial charge in [-0.1, -0.05) is 22.9 Å². The maximum atomic E-state index is 12.9. The normalized spacial score (nSPS) is 17.8. The molecule has 1 amide bonds. The van der Waals surface area contributed by atoms with E-state index in [1.807, 2.05) is 0 Å². The van der Waals surface area contributed by atoms with Gasteiger partial charge in [0.1, 0.15) is 15.9 Å². The fraction of sp³-hybridized carbons (Fsp3) is 0.316. The molecule has 3 heterocycles. The third kappa shape index (κ3) is 4.10. The van der Waals surface area contributed by atoms with Gasteiger partial charge in [0, 0.05) is 34.9 Å². The molecule has 1 N–H and O–H groups in total. The number of hydrogen-bond acceptors (Lipinski definition) is 7. The molecule has 1 saturated carbocycles. The molecular formula is C19H16ClF2N5O2S. The molecule has 1 aliphatic rings. The second-order valence-electron chi connectivity index (χ2n) is 6.82. The number of anilines is 1. The maximum absolute atomic E-state index is 12.9. The molecular weight excluding hydrogens is 436 g/mol. The molecule has 156 valence electrons. The monoisotopic (exact) mass is 451 g/mol. The van der Waals surface area contributed by atoms with Gasteiger partial charge in [0.05, 0.1) is 18.9 Å². The number of ether oxygens (including phenoxy) is 1. The summed E-state index contributed by atoms with van der Waals surface area (Å²) in [5.74, 6) is -0.994. The number of halogens is 3. The highest BCUT2D eigenvalue weighted by molar-refractivity contribution is 7.15. The van der Waals surface area contributed by atoms with Gasteiger partial charge in [0.2, 0.25) is 11.6 Å². The lowest BCUT2D eigenvalue weighted by Gasteiger charge is -2.13. The molecule has 11 heteroatoms. The second kappa shape index (κ2) is 8.19. The Bertz CT molecular complexity index is 1110.